The van der Waals surface area contributed by atoms with Gasteiger partial charge < -0.3 is 14.4 Å². The molecule has 1 aromatic rings. The highest BCUT2D eigenvalue weighted by atomic mass is 16.5. The van der Waals surface area contributed by atoms with Gasteiger partial charge in [0.2, 0.25) is 5.91 Å². The van der Waals surface area contributed by atoms with E-state index in [1.54, 1.807) is 0 Å². The third-order valence-electron chi connectivity index (χ3n) is 6.04. The molecule has 4 nitrogen and oxygen atoms in total. The fourth-order valence-corrected chi connectivity index (χ4v) is 4.30. The summed E-state index contributed by atoms with van der Waals surface area (Å²) in [4.78, 5) is 15.0. The molecule has 1 saturated heterocycles. The molecule has 4 aliphatic rings. The second-order valence-corrected chi connectivity index (χ2v) is 7.96. The lowest BCUT2D eigenvalue weighted by molar-refractivity contribution is -0.134. The second-order valence-electron chi connectivity index (χ2n) is 7.96. The number of hydrogen-bond donors (Lipinski definition) is 0. The van der Waals surface area contributed by atoms with Crippen LogP contribution in [0.4, 0.5) is 0 Å². The van der Waals surface area contributed by atoms with Crippen molar-refractivity contribution in [2.45, 2.75) is 31.7 Å². The Bertz CT molecular complexity index is 638. The zero-order valence-corrected chi connectivity index (χ0v) is 14.0. The average Bonchev–Trinajstić information content (AvgIpc) is 3.52. The molecule has 2 aliphatic carbocycles. The second kappa shape index (κ2) is 5.76. The summed E-state index contributed by atoms with van der Waals surface area (Å²) >= 11 is 0. The van der Waals surface area contributed by atoms with Gasteiger partial charge in [0, 0.05) is 36.5 Å². The van der Waals surface area contributed by atoms with Crippen molar-refractivity contribution in [2.24, 2.45) is 23.7 Å². The summed E-state index contributed by atoms with van der Waals surface area (Å²) in [6.45, 7) is 3.18. The molecule has 4 heteroatoms. The molecule has 0 aromatic heterocycles. The molecule has 1 aromatic carbocycles. The van der Waals surface area contributed by atoms with Crippen LogP contribution in [0.2, 0.25) is 0 Å². The number of para-hydroxylation sites is 1. The minimum Gasteiger partial charge on any atom is -0.493 e. The first-order valence-corrected chi connectivity index (χ1v) is 9.41. The van der Waals surface area contributed by atoms with E-state index in [1.165, 1.54) is 18.4 Å². The Hall–Kier alpha value is -1.55. The summed E-state index contributed by atoms with van der Waals surface area (Å²) in [5.74, 6) is 3.12. The van der Waals surface area contributed by atoms with Crippen molar-refractivity contribution in [2.75, 3.05) is 26.4 Å². The molecule has 2 heterocycles. The standard InChI is InChI=1S/C20H25NO3/c22-20(14-7-8-14)21-9-15(11-23-10-13-5-6-13)17-12-24-18-4-2-1-3-16(18)19(17)21/h1-4,13-15,17,19H,5-12H2/t15-,17-,19-/m0/s1. The molecule has 0 unspecified atom stereocenters. The van der Waals surface area contributed by atoms with E-state index < -0.39 is 0 Å². The largest absolute Gasteiger partial charge is 0.493 e. The molecule has 128 valence electrons. The van der Waals surface area contributed by atoms with Crippen LogP contribution in [0.5, 0.6) is 5.75 Å². The van der Waals surface area contributed by atoms with Crippen LogP contribution >= 0.6 is 0 Å². The van der Waals surface area contributed by atoms with E-state index in [2.05, 4.69) is 17.0 Å². The topological polar surface area (TPSA) is 38.8 Å². The molecule has 5 rings (SSSR count). The SMILES string of the molecule is O=C(C1CC1)N1C[C@@H](COCC2CC2)[C@@H]2COc3ccccc3[C@@H]21. The van der Waals surface area contributed by atoms with Gasteiger partial charge in [0.25, 0.3) is 0 Å². The minimum atomic E-state index is 0.178. The summed E-state index contributed by atoms with van der Waals surface area (Å²) in [5, 5.41) is 0. The number of ether oxygens (including phenoxy) is 2. The van der Waals surface area contributed by atoms with Crippen LogP contribution in [-0.4, -0.2) is 37.2 Å². The van der Waals surface area contributed by atoms with Crippen molar-refractivity contribution < 1.29 is 14.3 Å². The van der Waals surface area contributed by atoms with Gasteiger partial charge in [-0.2, -0.15) is 0 Å². The number of benzene rings is 1. The highest BCUT2D eigenvalue weighted by molar-refractivity contribution is 5.82. The number of carbonyl (C=O) groups is 1. The van der Waals surface area contributed by atoms with Crippen LogP contribution in [0.1, 0.15) is 37.3 Å². The predicted octanol–water partition coefficient (Wildman–Crippen LogP) is 3.03. The smallest absolute Gasteiger partial charge is 0.226 e. The Kier molecular flexibility index (Phi) is 3.55. The maximum absolute atomic E-state index is 12.9. The summed E-state index contributed by atoms with van der Waals surface area (Å²) in [6.07, 6.45) is 4.76. The van der Waals surface area contributed by atoms with Crippen LogP contribution in [0, 0.1) is 23.7 Å². The van der Waals surface area contributed by atoms with Gasteiger partial charge in [-0.3, -0.25) is 4.79 Å². The molecule has 0 radical (unpaired) electrons. The fraction of sp³-hybridized carbons (Fsp3) is 0.650. The number of carbonyl (C=O) groups excluding carboxylic acids is 1. The van der Waals surface area contributed by atoms with E-state index in [1.807, 2.05) is 12.1 Å². The van der Waals surface area contributed by atoms with Gasteiger partial charge >= 0.3 is 0 Å². The molecule has 2 aliphatic heterocycles. The average molecular weight is 327 g/mol. The number of fused-ring (bicyclic) bond motifs is 3. The van der Waals surface area contributed by atoms with Crippen molar-refractivity contribution in [1.29, 1.82) is 0 Å². The highest BCUT2D eigenvalue weighted by Crippen LogP contribution is 2.49. The number of likely N-dealkylation sites (tertiary alicyclic amines) is 1. The lowest BCUT2D eigenvalue weighted by Gasteiger charge is -2.34. The van der Waals surface area contributed by atoms with Gasteiger partial charge in [0.05, 0.1) is 19.3 Å². The minimum absolute atomic E-state index is 0.178. The molecule has 3 fully saturated rings. The van der Waals surface area contributed by atoms with E-state index >= 15 is 0 Å². The number of amides is 1. The Morgan fingerprint density at radius 2 is 2.00 bits per heavy atom. The van der Waals surface area contributed by atoms with E-state index in [-0.39, 0.29) is 12.0 Å². The van der Waals surface area contributed by atoms with Gasteiger partial charge in [0.15, 0.2) is 0 Å². The van der Waals surface area contributed by atoms with Gasteiger partial charge in [-0.1, -0.05) is 18.2 Å². The first-order valence-electron chi connectivity index (χ1n) is 9.41. The van der Waals surface area contributed by atoms with Gasteiger partial charge in [0.1, 0.15) is 5.75 Å². The molecule has 0 spiro atoms. The fourth-order valence-electron chi connectivity index (χ4n) is 4.30. The Labute approximate surface area is 143 Å². The molecule has 2 saturated carbocycles. The zero-order chi connectivity index (χ0) is 16.1. The van der Waals surface area contributed by atoms with Crippen molar-refractivity contribution in [3.05, 3.63) is 29.8 Å². The van der Waals surface area contributed by atoms with Crippen molar-refractivity contribution in [3.63, 3.8) is 0 Å². The lowest BCUT2D eigenvalue weighted by Crippen LogP contribution is -2.36. The van der Waals surface area contributed by atoms with Crippen molar-refractivity contribution in [3.8, 4) is 5.75 Å². The van der Waals surface area contributed by atoms with Crippen LogP contribution in [-0.2, 0) is 9.53 Å². The molecule has 0 N–H and O–H groups in total. The van der Waals surface area contributed by atoms with Crippen molar-refractivity contribution >= 4 is 5.91 Å². The molecular weight excluding hydrogens is 302 g/mol. The monoisotopic (exact) mass is 327 g/mol. The first-order chi connectivity index (χ1) is 11.8. The molecule has 24 heavy (non-hydrogen) atoms. The molecule has 3 atom stereocenters. The van der Waals surface area contributed by atoms with Crippen LogP contribution < -0.4 is 4.74 Å². The summed E-state index contributed by atoms with van der Waals surface area (Å²) in [5.41, 5.74) is 1.19. The maximum atomic E-state index is 12.9. The summed E-state index contributed by atoms with van der Waals surface area (Å²) in [7, 11) is 0. The number of hydrogen-bond acceptors (Lipinski definition) is 3. The molecular formula is C20H25NO3. The van der Waals surface area contributed by atoms with Gasteiger partial charge in [-0.05, 0) is 37.7 Å². The van der Waals surface area contributed by atoms with Crippen LogP contribution in [0.3, 0.4) is 0 Å². The first kappa shape index (κ1) is 14.8. The predicted molar refractivity (Wildman–Crippen MR) is 89.6 cm³/mol. The molecule has 1 amide bonds. The van der Waals surface area contributed by atoms with Crippen molar-refractivity contribution in [1.82, 2.24) is 4.90 Å². The summed E-state index contributed by atoms with van der Waals surface area (Å²) < 4.78 is 12.0. The Morgan fingerprint density at radius 3 is 2.79 bits per heavy atom. The third-order valence-corrected chi connectivity index (χ3v) is 6.04. The normalized spacial score (nSPS) is 31.3. The Balaban J connectivity index is 1.39. The molecule has 0 bridgehead atoms. The van der Waals surface area contributed by atoms with Gasteiger partial charge in [-0.25, -0.2) is 0 Å². The number of rotatable bonds is 5. The van der Waals surface area contributed by atoms with E-state index in [4.69, 9.17) is 9.47 Å². The summed E-state index contributed by atoms with van der Waals surface area (Å²) in [6, 6.07) is 8.41. The van der Waals surface area contributed by atoms with Crippen LogP contribution in [0.25, 0.3) is 0 Å². The van der Waals surface area contributed by atoms with Gasteiger partial charge in [-0.15, -0.1) is 0 Å². The van der Waals surface area contributed by atoms with E-state index in [0.29, 0.717) is 24.3 Å². The Morgan fingerprint density at radius 1 is 1.17 bits per heavy atom. The maximum Gasteiger partial charge on any atom is 0.226 e. The number of nitrogens with zero attached hydrogens (tertiary/aromatic N) is 1. The lowest BCUT2D eigenvalue weighted by atomic mass is 9.85. The quantitative estimate of drug-likeness (QED) is 0.834. The highest BCUT2D eigenvalue weighted by Gasteiger charge is 2.50. The third kappa shape index (κ3) is 2.61. The van der Waals surface area contributed by atoms with E-state index in [9.17, 15) is 4.79 Å². The van der Waals surface area contributed by atoms with E-state index in [0.717, 1.165) is 44.3 Å². The van der Waals surface area contributed by atoms with Crippen LogP contribution in [0.15, 0.2) is 24.3 Å². The zero-order valence-electron chi connectivity index (χ0n) is 14.0.